The molecule has 0 aliphatic heterocycles. The van der Waals surface area contributed by atoms with E-state index >= 15 is 0 Å². The van der Waals surface area contributed by atoms with Crippen LogP contribution in [0.2, 0.25) is 0 Å². The van der Waals surface area contributed by atoms with E-state index in [1.807, 2.05) is 6.92 Å². The Labute approximate surface area is 120 Å². The Bertz CT molecular complexity index is 636. The Kier molecular flexibility index (Phi) is 3.25. The number of hydrogen-bond donors (Lipinski definition) is 1. The lowest BCUT2D eigenvalue weighted by atomic mass is 9.93. The molecule has 2 N–H and O–H groups in total. The second-order valence-electron chi connectivity index (χ2n) is 6.10. The Morgan fingerprint density at radius 2 is 2.05 bits per heavy atom. The zero-order valence-electron chi connectivity index (χ0n) is 12.9. The molecule has 0 saturated carbocycles. The zero-order chi connectivity index (χ0) is 14.4. The maximum Gasteiger partial charge on any atom is 0.106 e. The predicted molar refractivity (Wildman–Crippen MR) is 81.0 cm³/mol. The van der Waals surface area contributed by atoms with Crippen molar-refractivity contribution >= 4 is 0 Å². The summed E-state index contributed by atoms with van der Waals surface area (Å²) in [7, 11) is 0. The van der Waals surface area contributed by atoms with Gasteiger partial charge in [-0.2, -0.15) is 0 Å². The first-order valence-electron chi connectivity index (χ1n) is 7.52. The number of hydrogen-bond acceptors (Lipinski definition) is 2. The van der Waals surface area contributed by atoms with Gasteiger partial charge in [0.1, 0.15) is 11.5 Å². The quantitative estimate of drug-likeness (QED) is 0.899. The third kappa shape index (κ3) is 2.01. The van der Waals surface area contributed by atoms with E-state index in [0.717, 1.165) is 24.4 Å². The van der Waals surface area contributed by atoms with E-state index in [-0.39, 0.29) is 6.04 Å². The maximum absolute atomic E-state index is 6.27. The summed E-state index contributed by atoms with van der Waals surface area (Å²) >= 11 is 0. The van der Waals surface area contributed by atoms with E-state index in [2.05, 4.69) is 37.5 Å². The molecule has 0 spiro atoms. The molecule has 0 fully saturated rings. The standard InChI is InChI=1S/C17H24N2O/c1-10-8-15-16(18)6-5-7-17(15)19(10)12(3)14-9-11(2)20-13(14)4/h8-9,12,16H,5-7,18H2,1-4H3. The van der Waals surface area contributed by atoms with Crippen LogP contribution in [0.3, 0.4) is 0 Å². The van der Waals surface area contributed by atoms with E-state index in [0.29, 0.717) is 6.04 Å². The summed E-state index contributed by atoms with van der Waals surface area (Å²) in [5.41, 5.74) is 11.6. The van der Waals surface area contributed by atoms with Crippen molar-refractivity contribution < 1.29 is 4.42 Å². The van der Waals surface area contributed by atoms with Crippen LogP contribution in [0.1, 0.15) is 65.9 Å². The summed E-state index contributed by atoms with van der Waals surface area (Å²) in [5, 5.41) is 0. The Morgan fingerprint density at radius 3 is 2.70 bits per heavy atom. The minimum Gasteiger partial charge on any atom is -0.466 e. The number of nitrogens with two attached hydrogens (primary N) is 1. The number of nitrogens with zero attached hydrogens (tertiary/aromatic N) is 1. The van der Waals surface area contributed by atoms with Gasteiger partial charge in [0.25, 0.3) is 0 Å². The number of fused-ring (bicyclic) bond motifs is 1. The van der Waals surface area contributed by atoms with Crippen molar-refractivity contribution in [3.05, 3.63) is 46.2 Å². The molecule has 3 rings (SSSR count). The summed E-state index contributed by atoms with van der Waals surface area (Å²) in [6, 6.07) is 4.95. The molecule has 1 aliphatic rings. The number of aromatic nitrogens is 1. The Balaban J connectivity index is 2.08. The monoisotopic (exact) mass is 272 g/mol. The Hall–Kier alpha value is -1.48. The van der Waals surface area contributed by atoms with Crippen LogP contribution in [0.4, 0.5) is 0 Å². The smallest absolute Gasteiger partial charge is 0.106 e. The van der Waals surface area contributed by atoms with Gasteiger partial charge >= 0.3 is 0 Å². The lowest BCUT2D eigenvalue weighted by Crippen LogP contribution is -2.20. The van der Waals surface area contributed by atoms with Crippen molar-refractivity contribution in [1.82, 2.24) is 4.57 Å². The fraction of sp³-hybridized carbons (Fsp3) is 0.529. The van der Waals surface area contributed by atoms with E-state index in [1.165, 1.54) is 28.9 Å². The highest BCUT2D eigenvalue weighted by Gasteiger charge is 2.25. The first-order valence-corrected chi connectivity index (χ1v) is 7.52. The molecule has 0 radical (unpaired) electrons. The molecule has 20 heavy (non-hydrogen) atoms. The van der Waals surface area contributed by atoms with Crippen molar-refractivity contribution in [1.29, 1.82) is 0 Å². The largest absolute Gasteiger partial charge is 0.466 e. The summed E-state index contributed by atoms with van der Waals surface area (Å²) < 4.78 is 8.15. The minimum absolute atomic E-state index is 0.207. The molecule has 2 aromatic rings. The van der Waals surface area contributed by atoms with Crippen LogP contribution in [-0.4, -0.2) is 4.57 Å². The van der Waals surface area contributed by atoms with Gasteiger partial charge < -0.3 is 14.7 Å². The fourth-order valence-corrected chi connectivity index (χ4v) is 3.70. The minimum atomic E-state index is 0.207. The van der Waals surface area contributed by atoms with Crippen molar-refractivity contribution in [2.24, 2.45) is 5.73 Å². The fourth-order valence-electron chi connectivity index (χ4n) is 3.70. The normalized spacial score (nSPS) is 19.9. The molecule has 0 amide bonds. The molecule has 3 heteroatoms. The summed E-state index contributed by atoms with van der Waals surface area (Å²) in [6.07, 6.45) is 3.43. The molecule has 0 bridgehead atoms. The first-order chi connectivity index (χ1) is 9.49. The van der Waals surface area contributed by atoms with E-state index < -0.39 is 0 Å². The van der Waals surface area contributed by atoms with Crippen LogP contribution < -0.4 is 5.73 Å². The van der Waals surface area contributed by atoms with Gasteiger partial charge in [0.15, 0.2) is 0 Å². The summed E-state index contributed by atoms with van der Waals surface area (Å²) in [6.45, 7) is 8.50. The molecule has 3 nitrogen and oxygen atoms in total. The summed E-state index contributed by atoms with van der Waals surface area (Å²) in [4.78, 5) is 0. The third-order valence-corrected chi connectivity index (χ3v) is 4.61. The average Bonchev–Trinajstić information content (AvgIpc) is 2.89. The molecule has 2 aromatic heterocycles. The molecule has 0 saturated heterocycles. The Morgan fingerprint density at radius 1 is 1.30 bits per heavy atom. The molecule has 1 aliphatic carbocycles. The molecule has 2 atom stereocenters. The molecule has 0 aromatic carbocycles. The number of furan rings is 1. The van der Waals surface area contributed by atoms with Crippen molar-refractivity contribution in [2.45, 2.75) is 59.0 Å². The van der Waals surface area contributed by atoms with Crippen molar-refractivity contribution in [3.63, 3.8) is 0 Å². The summed E-state index contributed by atoms with van der Waals surface area (Å²) in [5.74, 6) is 2.01. The molecule has 2 unspecified atom stereocenters. The molecule has 108 valence electrons. The van der Waals surface area contributed by atoms with Crippen molar-refractivity contribution in [2.75, 3.05) is 0 Å². The second kappa shape index (κ2) is 4.81. The van der Waals surface area contributed by atoms with Crippen LogP contribution in [0.5, 0.6) is 0 Å². The highest BCUT2D eigenvalue weighted by molar-refractivity contribution is 5.36. The van der Waals surface area contributed by atoms with Gasteiger partial charge in [-0.05, 0) is 64.7 Å². The van der Waals surface area contributed by atoms with E-state index in [9.17, 15) is 0 Å². The maximum atomic E-state index is 6.27. The van der Waals surface area contributed by atoms with Gasteiger partial charge in [0.2, 0.25) is 0 Å². The van der Waals surface area contributed by atoms with Gasteiger partial charge in [-0.3, -0.25) is 0 Å². The highest BCUT2D eigenvalue weighted by Crippen LogP contribution is 2.35. The first kappa shape index (κ1) is 13.5. The van der Waals surface area contributed by atoms with E-state index in [4.69, 9.17) is 10.2 Å². The lowest BCUT2D eigenvalue weighted by molar-refractivity contribution is 0.486. The SMILES string of the molecule is Cc1cc(C(C)n2c(C)cc3c2CCCC3N)c(C)o1. The van der Waals surface area contributed by atoms with Crippen LogP contribution in [0.15, 0.2) is 16.5 Å². The van der Waals surface area contributed by atoms with Crippen LogP contribution in [0.25, 0.3) is 0 Å². The van der Waals surface area contributed by atoms with Gasteiger partial charge in [0.05, 0.1) is 6.04 Å². The second-order valence-corrected chi connectivity index (χ2v) is 6.10. The van der Waals surface area contributed by atoms with Crippen LogP contribution >= 0.6 is 0 Å². The lowest BCUT2D eigenvalue weighted by Gasteiger charge is -2.24. The highest BCUT2D eigenvalue weighted by atomic mass is 16.3. The third-order valence-electron chi connectivity index (χ3n) is 4.61. The van der Waals surface area contributed by atoms with Gasteiger partial charge in [-0.25, -0.2) is 0 Å². The number of aryl methyl sites for hydroxylation is 3. The van der Waals surface area contributed by atoms with Gasteiger partial charge in [0, 0.05) is 23.0 Å². The topological polar surface area (TPSA) is 44.1 Å². The van der Waals surface area contributed by atoms with Crippen LogP contribution in [0, 0.1) is 20.8 Å². The molecular formula is C17H24N2O. The van der Waals surface area contributed by atoms with Gasteiger partial charge in [-0.1, -0.05) is 0 Å². The van der Waals surface area contributed by atoms with Crippen molar-refractivity contribution in [3.8, 4) is 0 Å². The predicted octanol–water partition coefficient (Wildman–Crippen LogP) is 3.95. The van der Waals surface area contributed by atoms with Gasteiger partial charge in [-0.15, -0.1) is 0 Å². The molecular weight excluding hydrogens is 248 g/mol. The van der Waals surface area contributed by atoms with E-state index in [1.54, 1.807) is 0 Å². The zero-order valence-corrected chi connectivity index (χ0v) is 12.9. The van der Waals surface area contributed by atoms with Crippen LogP contribution in [-0.2, 0) is 6.42 Å². The number of rotatable bonds is 2. The molecule has 2 heterocycles. The average molecular weight is 272 g/mol.